The third-order valence-electron chi connectivity index (χ3n) is 2.93. The van der Waals surface area contributed by atoms with E-state index in [4.69, 9.17) is 16.3 Å². The zero-order chi connectivity index (χ0) is 12.0. The maximum atomic E-state index is 11.9. The third kappa shape index (κ3) is 4.20. The molecule has 1 aliphatic rings. The molecule has 1 aliphatic heterocycles. The molecule has 0 aromatic heterocycles. The Morgan fingerprint density at radius 2 is 1.94 bits per heavy atom. The second kappa shape index (κ2) is 6.79. The van der Waals surface area contributed by atoms with Crippen LogP contribution in [0.2, 0.25) is 0 Å². The first kappa shape index (κ1) is 14.2. The molecule has 0 aromatic carbocycles. The third-order valence-corrected chi connectivity index (χ3v) is 5.18. The Morgan fingerprint density at radius 1 is 1.31 bits per heavy atom. The van der Waals surface area contributed by atoms with E-state index in [9.17, 15) is 8.42 Å². The minimum atomic E-state index is -3.11. The lowest BCUT2D eigenvalue weighted by atomic mass is 10.1. The fraction of sp³-hybridized carbons (Fsp3) is 1.00. The average molecular weight is 270 g/mol. The number of hydrogen-bond donors (Lipinski definition) is 0. The van der Waals surface area contributed by atoms with Crippen LogP contribution in [0.25, 0.3) is 0 Å². The average Bonchev–Trinajstić information content (AvgIpc) is 2.29. The Balaban J connectivity index is 2.46. The van der Waals surface area contributed by atoms with Gasteiger partial charge in [0.1, 0.15) is 0 Å². The van der Waals surface area contributed by atoms with Crippen LogP contribution in [-0.4, -0.2) is 50.7 Å². The highest BCUT2D eigenvalue weighted by atomic mass is 35.5. The number of nitrogens with zero attached hydrogens (tertiary/aromatic N) is 1. The smallest absolute Gasteiger partial charge is 0.214 e. The Hall–Kier alpha value is 0.160. The molecule has 0 bridgehead atoms. The topological polar surface area (TPSA) is 46.6 Å². The van der Waals surface area contributed by atoms with Crippen LogP contribution in [0.4, 0.5) is 0 Å². The second-order valence-corrected chi connectivity index (χ2v) is 6.60. The summed E-state index contributed by atoms with van der Waals surface area (Å²) in [5.41, 5.74) is 0. The van der Waals surface area contributed by atoms with Gasteiger partial charge in [-0.15, -0.1) is 11.6 Å². The molecular weight excluding hydrogens is 250 g/mol. The first-order valence-electron chi connectivity index (χ1n) is 5.67. The van der Waals surface area contributed by atoms with Crippen LogP contribution in [-0.2, 0) is 14.8 Å². The highest BCUT2D eigenvalue weighted by molar-refractivity contribution is 7.89. The molecule has 0 saturated carbocycles. The molecule has 0 radical (unpaired) electrons. The molecule has 16 heavy (non-hydrogen) atoms. The minimum Gasteiger partial charge on any atom is -0.381 e. The van der Waals surface area contributed by atoms with Crippen molar-refractivity contribution >= 4 is 21.6 Å². The van der Waals surface area contributed by atoms with E-state index in [2.05, 4.69) is 0 Å². The maximum absolute atomic E-state index is 11.9. The van der Waals surface area contributed by atoms with Crippen LogP contribution in [0.5, 0.6) is 0 Å². The predicted octanol–water partition coefficient (Wildman–Crippen LogP) is 1.45. The van der Waals surface area contributed by atoms with Gasteiger partial charge >= 0.3 is 0 Å². The Bertz CT molecular complexity index is 288. The molecule has 4 nitrogen and oxygen atoms in total. The molecule has 0 aromatic rings. The van der Waals surface area contributed by atoms with Crippen molar-refractivity contribution < 1.29 is 13.2 Å². The molecule has 0 amide bonds. The monoisotopic (exact) mass is 269 g/mol. The lowest BCUT2D eigenvalue weighted by Gasteiger charge is -2.30. The molecule has 1 saturated heterocycles. The molecule has 96 valence electrons. The van der Waals surface area contributed by atoms with Gasteiger partial charge in [-0.3, -0.25) is 0 Å². The SMILES string of the molecule is CN(C1CCOCC1)S(=O)(=O)CCCCCl. The summed E-state index contributed by atoms with van der Waals surface area (Å²) in [5, 5.41) is 0. The van der Waals surface area contributed by atoms with E-state index >= 15 is 0 Å². The van der Waals surface area contributed by atoms with Gasteiger partial charge in [0.05, 0.1) is 5.75 Å². The molecule has 1 fully saturated rings. The van der Waals surface area contributed by atoms with E-state index in [1.165, 1.54) is 4.31 Å². The van der Waals surface area contributed by atoms with Crippen molar-refractivity contribution in [3.63, 3.8) is 0 Å². The van der Waals surface area contributed by atoms with Gasteiger partial charge in [0.25, 0.3) is 0 Å². The van der Waals surface area contributed by atoms with E-state index in [1.54, 1.807) is 7.05 Å². The molecule has 0 N–H and O–H groups in total. The number of unbranched alkanes of at least 4 members (excludes halogenated alkanes) is 1. The highest BCUT2D eigenvalue weighted by Gasteiger charge is 2.27. The van der Waals surface area contributed by atoms with Crippen molar-refractivity contribution in [1.29, 1.82) is 0 Å². The van der Waals surface area contributed by atoms with E-state index < -0.39 is 10.0 Å². The van der Waals surface area contributed by atoms with Crippen LogP contribution in [0.1, 0.15) is 25.7 Å². The number of alkyl halides is 1. The van der Waals surface area contributed by atoms with Gasteiger partial charge < -0.3 is 4.74 Å². The van der Waals surface area contributed by atoms with E-state index in [1.807, 2.05) is 0 Å². The Kier molecular flexibility index (Phi) is 6.03. The zero-order valence-corrected chi connectivity index (χ0v) is 11.3. The van der Waals surface area contributed by atoms with Crippen molar-refractivity contribution in [2.45, 2.75) is 31.7 Å². The molecule has 6 heteroatoms. The molecule has 0 unspecified atom stereocenters. The summed E-state index contributed by atoms with van der Waals surface area (Å²) in [6.45, 7) is 1.32. The van der Waals surface area contributed by atoms with E-state index in [0.29, 0.717) is 25.5 Å². The molecule has 1 heterocycles. The summed E-state index contributed by atoms with van der Waals surface area (Å²) in [7, 11) is -1.44. The second-order valence-electron chi connectivity index (χ2n) is 4.07. The van der Waals surface area contributed by atoms with Crippen molar-refractivity contribution in [2.24, 2.45) is 0 Å². The van der Waals surface area contributed by atoms with Gasteiger partial charge in [0, 0.05) is 32.2 Å². The number of rotatable bonds is 6. The summed E-state index contributed by atoms with van der Waals surface area (Å²) in [6, 6.07) is 0.106. The van der Waals surface area contributed by atoms with E-state index in [0.717, 1.165) is 19.3 Å². The minimum absolute atomic E-state index is 0.106. The lowest BCUT2D eigenvalue weighted by molar-refractivity contribution is 0.0632. The zero-order valence-electron chi connectivity index (χ0n) is 9.69. The molecule has 0 spiro atoms. The van der Waals surface area contributed by atoms with Crippen LogP contribution >= 0.6 is 11.6 Å². The van der Waals surface area contributed by atoms with Gasteiger partial charge in [-0.2, -0.15) is 0 Å². The predicted molar refractivity (Wildman–Crippen MR) is 65.3 cm³/mol. The summed E-state index contributed by atoms with van der Waals surface area (Å²) < 4.78 is 30.6. The van der Waals surface area contributed by atoms with Crippen molar-refractivity contribution in [3.8, 4) is 0 Å². The first-order valence-corrected chi connectivity index (χ1v) is 7.81. The largest absolute Gasteiger partial charge is 0.381 e. The normalized spacial score (nSPS) is 19.2. The molecular formula is C10H20ClNO3S. The number of sulfonamides is 1. The van der Waals surface area contributed by atoms with Crippen LogP contribution in [0.15, 0.2) is 0 Å². The van der Waals surface area contributed by atoms with Gasteiger partial charge in [-0.1, -0.05) is 0 Å². The van der Waals surface area contributed by atoms with Gasteiger partial charge in [-0.25, -0.2) is 12.7 Å². The Labute approximate surface area is 103 Å². The van der Waals surface area contributed by atoms with Gasteiger partial charge in [0.2, 0.25) is 10.0 Å². The quantitative estimate of drug-likeness (QED) is 0.542. The van der Waals surface area contributed by atoms with Crippen molar-refractivity contribution in [1.82, 2.24) is 4.31 Å². The van der Waals surface area contributed by atoms with Crippen molar-refractivity contribution in [3.05, 3.63) is 0 Å². The number of hydrogen-bond acceptors (Lipinski definition) is 3. The summed E-state index contributed by atoms with van der Waals surface area (Å²) in [6.07, 6.45) is 2.98. The molecule has 0 aliphatic carbocycles. The Morgan fingerprint density at radius 3 is 2.50 bits per heavy atom. The van der Waals surface area contributed by atoms with Crippen LogP contribution in [0, 0.1) is 0 Å². The standard InChI is InChI=1S/C10H20ClNO3S/c1-12(10-4-7-15-8-5-10)16(13,14)9-3-2-6-11/h10H,2-9H2,1H3. The summed E-state index contributed by atoms with van der Waals surface area (Å²) in [4.78, 5) is 0. The molecule has 0 atom stereocenters. The lowest BCUT2D eigenvalue weighted by Crippen LogP contribution is -2.41. The molecule has 1 rings (SSSR count). The van der Waals surface area contributed by atoms with Crippen LogP contribution < -0.4 is 0 Å². The van der Waals surface area contributed by atoms with Crippen molar-refractivity contribution in [2.75, 3.05) is 31.9 Å². The van der Waals surface area contributed by atoms with Crippen LogP contribution in [0.3, 0.4) is 0 Å². The van der Waals surface area contributed by atoms with Gasteiger partial charge in [-0.05, 0) is 25.7 Å². The fourth-order valence-corrected chi connectivity index (χ4v) is 3.51. The highest BCUT2D eigenvalue weighted by Crippen LogP contribution is 2.17. The fourth-order valence-electron chi connectivity index (χ4n) is 1.80. The number of ether oxygens (including phenoxy) is 1. The summed E-state index contributed by atoms with van der Waals surface area (Å²) >= 11 is 5.53. The first-order chi connectivity index (χ1) is 7.58. The maximum Gasteiger partial charge on any atom is 0.214 e. The van der Waals surface area contributed by atoms with Gasteiger partial charge in [0.15, 0.2) is 0 Å². The summed E-state index contributed by atoms with van der Waals surface area (Å²) in [5.74, 6) is 0.726. The van der Waals surface area contributed by atoms with E-state index in [-0.39, 0.29) is 11.8 Å². The number of halogens is 1.